The van der Waals surface area contributed by atoms with Crippen molar-refractivity contribution in [3.8, 4) is 11.4 Å². The van der Waals surface area contributed by atoms with Crippen LogP contribution in [0.2, 0.25) is 0 Å². The van der Waals surface area contributed by atoms with Gasteiger partial charge < -0.3 is 30.8 Å². The molecule has 6 N–H and O–H groups in total. The molecule has 0 bridgehead atoms. The summed E-state index contributed by atoms with van der Waals surface area (Å²) in [7, 11) is 0. The Bertz CT molecular complexity index is 966. The molecule has 0 aliphatic rings. The number of nitrogens with zero attached hydrogens (tertiary/aromatic N) is 6. The average Bonchev–Trinajstić information content (AvgIpc) is 3.43. The molecule has 0 unspecified atom stereocenters. The fraction of sp³-hybridized carbons (Fsp3) is 0. The molecule has 0 amide bonds. The first-order valence-corrected chi connectivity index (χ1v) is 7.87. The zero-order valence-corrected chi connectivity index (χ0v) is 20.1. The molecular weight excluding hydrogens is 509 g/mol. The van der Waals surface area contributed by atoms with Gasteiger partial charge in [-0.2, -0.15) is 0 Å². The topological polar surface area (TPSA) is 208 Å². The average molecular weight is 527 g/mol. The number of aromatic nitrogens is 6. The predicted molar refractivity (Wildman–Crippen MR) is 101 cm³/mol. The van der Waals surface area contributed by atoms with Crippen LogP contribution in [0.15, 0.2) is 73.8 Å². The summed E-state index contributed by atoms with van der Waals surface area (Å²) in [4.78, 5) is 20.9. The molecule has 31 heavy (non-hydrogen) atoms. The third-order valence-electron chi connectivity index (χ3n) is 3.64. The van der Waals surface area contributed by atoms with Gasteiger partial charge in [0.15, 0.2) is 0 Å². The van der Waals surface area contributed by atoms with E-state index in [1.54, 1.807) is 33.4 Å². The summed E-state index contributed by atoms with van der Waals surface area (Å²) in [5.41, 5.74) is 1.92. The molecule has 0 aliphatic heterocycles. The van der Waals surface area contributed by atoms with Crippen molar-refractivity contribution >= 4 is 11.9 Å². The molecule has 0 radical (unpaired) electrons. The van der Waals surface area contributed by atoms with Crippen LogP contribution in [0.3, 0.4) is 0 Å². The van der Waals surface area contributed by atoms with Crippen molar-refractivity contribution in [3.63, 3.8) is 0 Å². The zero-order chi connectivity index (χ0) is 19.9. The Morgan fingerprint density at radius 2 is 0.839 bits per heavy atom. The summed E-state index contributed by atoms with van der Waals surface area (Å²) < 4.78 is 3.36. The second kappa shape index (κ2) is 12.9. The molecule has 2 aromatic heterocycles. The first kappa shape index (κ1) is 27.5. The van der Waals surface area contributed by atoms with Crippen molar-refractivity contribution in [2.45, 2.75) is 0 Å². The molecule has 0 saturated carbocycles. The standard InChI is InChI=1S/2C9H7N3O2.Cd.2H2O/c2*13-9(14)7-1-3-8(4-2-7)12-5-10-11-6-12;;;/h2*1-6H,(H,13,14);;2*1H2/q;;+2;;. The van der Waals surface area contributed by atoms with E-state index in [-0.39, 0.29) is 49.4 Å². The van der Waals surface area contributed by atoms with E-state index in [1.165, 1.54) is 49.6 Å². The van der Waals surface area contributed by atoms with E-state index >= 15 is 0 Å². The normalized spacial score (nSPS) is 9.03. The van der Waals surface area contributed by atoms with Crippen molar-refractivity contribution in [2.75, 3.05) is 0 Å². The van der Waals surface area contributed by atoms with Crippen LogP contribution < -0.4 is 10.2 Å². The molecule has 4 aromatic rings. The number of aromatic carboxylic acids is 2. The van der Waals surface area contributed by atoms with Gasteiger partial charge in [-0.15, -0.1) is 20.4 Å². The third-order valence-corrected chi connectivity index (χ3v) is 3.64. The van der Waals surface area contributed by atoms with Gasteiger partial charge in [-0.1, -0.05) is 24.3 Å². The molecule has 13 heteroatoms. The van der Waals surface area contributed by atoms with Crippen LogP contribution in [0.1, 0.15) is 20.7 Å². The summed E-state index contributed by atoms with van der Waals surface area (Å²) in [5.74, 6) is -2.36. The van der Waals surface area contributed by atoms with Gasteiger partial charge in [-0.25, -0.2) is 0 Å². The first-order valence-electron chi connectivity index (χ1n) is 7.87. The molecule has 0 atom stereocenters. The van der Waals surface area contributed by atoms with E-state index in [4.69, 9.17) is 0 Å². The van der Waals surface area contributed by atoms with E-state index in [0.717, 1.165) is 11.4 Å². The van der Waals surface area contributed by atoms with Gasteiger partial charge in [0, 0.05) is 11.4 Å². The van der Waals surface area contributed by atoms with Crippen molar-refractivity contribution in [2.24, 2.45) is 0 Å². The van der Waals surface area contributed by atoms with E-state index < -0.39 is 11.9 Å². The number of carbonyl (C=O) groups excluding carboxylic acids is 2. The van der Waals surface area contributed by atoms with Gasteiger partial charge >= 0.3 is 27.3 Å². The molecule has 0 saturated heterocycles. The van der Waals surface area contributed by atoms with Gasteiger partial charge in [-0.05, 0) is 35.4 Å². The monoisotopic (exact) mass is 528 g/mol. The van der Waals surface area contributed by atoms with Crippen LogP contribution in [0.5, 0.6) is 0 Å². The Labute approximate surface area is 195 Å². The summed E-state index contributed by atoms with van der Waals surface area (Å²) in [6, 6.07) is 12.6. The second-order valence-corrected chi connectivity index (χ2v) is 5.41. The Morgan fingerprint density at radius 1 is 0.581 bits per heavy atom. The molecule has 2 aromatic carbocycles. The largest absolute Gasteiger partial charge is 2.00 e. The molecule has 0 aliphatic carbocycles. The van der Waals surface area contributed by atoms with Crippen LogP contribution >= 0.6 is 0 Å². The number of carbonyl (C=O) groups is 2. The number of hydrogen-bond acceptors (Lipinski definition) is 8. The number of benzene rings is 2. The quantitative estimate of drug-likeness (QED) is 0.203. The Kier molecular flexibility index (Phi) is 11.5. The number of rotatable bonds is 4. The number of carboxylic acids is 2. The van der Waals surface area contributed by atoms with Crippen LogP contribution in [0.25, 0.3) is 11.4 Å². The Balaban J connectivity index is 0.000000529. The van der Waals surface area contributed by atoms with Crippen LogP contribution in [0.4, 0.5) is 0 Å². The SMILES string of the molecule is O=C([O-])c1ccc(-n2cnnc2)cc1.O=C([O-])c1ccc(-n2cnnc2)cc1.[Cd+2].[OH3+].[OH3+]. The Morgan fingerprint density at radius 3 is 1.06 bits per heavy atom. The predicted octanol–water partition coefficient (Wildman–Crippen LogP) is -2.58. The van der Waals surface area contributed by atoms with Gasteiger partial charge in [0.05, 0.1) is 11.9 Å². The van der Waals surface area contributed by atoms with E-state index in [9.17, 15) is 19.8 Å². The van der Waals surface area contributed by atoms with Crippen LogP contribution in [0, 0.1) is 0 Å². The van der Waals surface area contributed by atoms with E-state index in [1.807, 2.05) is 0 Å². The van der Waals surface area contributed by atoms with E-state index in [2.05, 4.69) is 20.4 Å². The maximum atomic E-state index is 10.5. The Hall–Kier alpha value is -3.50. The molecule has 156 valence electrons. The van der Waals surface area contributed by atoms with Crippen LogP contribution in [-0.2, 0) is 38.3 Å². The number of carboxylic acid groups (broad SMARTS) is 2. The van der Waals surface area contributed by atoms with Gasteiger partial charge in [0.2, 0.25) is 0 Å². The van der Waals surface area contributed by atoms with E-state index in [0.29, 0.717) is 0 Å². The summed E-state index contributed by atoms with van der Waals surface area (Å²) in [6.45, 7) is 0. The molecule has 0 spiro atoms. The zero-order valence-electron chi connectivity index (χ0n) is 16.1. The van der Waals surface area contributed by atoms with Gasteiger partial charge in [0.25, 0.3) is 0 Å². The third kappa shape index (κ3) is 7.36. The maximum absolute atomic E-state index is 10.5. The molecule has 12 nitrogen and oxygen atoms in total. The summed E-state index contributed by atoms with van der Waals surface area (Å²) >= 11 is 0. The van der Waals surface area contributed by atoms with Crippen molar-refractivity contribution in [1.29, 1.82) is 0 Å². The minimum Gasteiger partial charge on any atom is -0.545 e. The molecular formula is C18H18CdN6O6+2. The van der Waals surface area contributed by atoms with Gasteiger partial charge in [0.1, 0.15) is 25.3 Å². The smallest absolute Gasteiger partial charge is 0.545 e. The molecule has 0 fully saturated rings. The summed E-state index contributed by atoms with van der Waals surface area (Å²) in [5, 5.41) is 35.5. The second-order valence-electron chi connectivity index (χ2n) is 5.41. The fourth-order valence-electron chi connectivity index (χ4n) is 2.21. The summed E-state index contributed by atoms with van der Waals surface area (Å²) in [6.07, 6.45) is 6.14. The van der Waals surface area contributed by atoms with Crippen molar-refractivity contribution in [1.82, 2.24) is 29.5 Å². The van der Waals surface area contributed by atoms with Crippen molar-refractivity contribution in [3.05, 3.63) is 85.0 Å². The van der Waals surface area contributed by atoms with Crippen molar-refractivity contribution < 1.29 is 58.1 Å². The maximum Gasteiger partial charge on any atom is 2.00 e. The van der Waals surface area contributed by atoms with Crippen LogP contribution in [-0.4, -0.2) is 41.5 Å². The minimum atomic E-state index is -1.18. The number of hydrogen-bond donors (Lipinski definition) is 0. The fourth-order valence-corrected chi connectivity index (χ4v) is 2.21. The molecule has 4 rings (SSSR count). The molecule has 2 heterocycles. The first-order chi connectivity index (χ1) is 13.5. The minimum absolute atomic E-state index is 0. The van der Waals surface area contributed by atoms with Gasteiger partial charge in [-0.3, -0.25) is 9.13 Å².